The number of rotatable bonds is 2. The van der Waals surface area contributed by atoms with E-state index < -0.39 is 23.6 Å². The topological polar surface area (TPSA) is 94.1 Å². The van der Waals surface area contributed by atoms with E-state index in [4.69, 9.17) is 10.5 Å². The van der Waals surface area contributed by atoms with Crippen LogP contribution >= 0.6 is 0 Å². The molecule has 0 aliphatic heterocycles. The minimum atomic E-state index is -1.48. The van der Waals surface area contributed by atoms with Crippen LogP contribution < -0.4 is 0 Å². The van der Waals surface area contributed by atoms with E-state index >= 15 is 0 Å². The Bertz CT molecular complexity index is 279. The Labute approximate surface area is 82.5 Å². The molecular formula is C9H12N2O3. The molecule has 0 rings (SSSR count). The van der Waals surface area contributed by atoms with E-state index in [-0.39, 0.29) is 0 Å². The third-order valence-corrected chi connectivity index (χ3v) is 1.46. The Morgan fingerprint density at radius 1 is 1.36 bits per heavy atom. The van der Waals surface area contributed by atoms with E-state index in [0.29, 0.717) is 0 Å². The Morgan fingerprint density at radius 2 is 1.79 bits per heavy atom. The van der Waals surface area contributed by atoms with Gasteiger partial charge < -0.3 is 9.84 Å². The van der Waals surface area contributed by atoms with Crippen LogP contribution in [0.3, 0.4) is 0 Å². The summed E-state index contributed by atoms with van der Waals surface area (Å²) in [4.78, 5) is 11.0. The number of aliphatic hydroxyl groups excluding tert-OH is 1. The summed E-state index contributed by atoms with van der Waals surface area (Å²) in [6.07, 6.45) is -1.32. The van der Waals surface area contributed by atoms with Crippen LogP contribution in [0.4, 0.5) is 0 Å². The first kappa shape index (κ1) is 12.4. The van der Waals surface area contributed by atoms with Gasteiger partial charge in [-0.1, -0.05) is 20.8 Å². The van der Waals surface area contributed by atoms with Gasteiger partial charge in [0.15, 0.2) is 0 Å². The molecule has 0 radical (unpaired) electrons. The first-order valence-corrected chi connectivity index (χ1v) is 4.00. The van der Waals surface area contributed by atoms with Gasteiger partial charge in [-0.3, -0.25) is 0 Å². The van der Waals surface area contributed by atoms with Crippen LogP contribution in [0.2, 0.25) is 0 Å². The van der Waals surface area contributed by atoms with Crippen molar-refractivity contribution in [2.75, 3.05) is 0 Å². The molecule has 0 aliphatic carbocycles. The van der Waals surface area contributed by atoms with Gasteiger partial charge in [0.25, 0.3) is 0 Å². The minimum absolute atomic E-state index is 0.634. The lowest BCUT2D eigenvalue weighted by molar-refractivity contribution is -0.187. The number of carbonyl (C=O) groups is 1. The number of hydrogen-bond acceptors (Lipinski definition) is 5. The smallest absolute Gasteiger partial charge is 0.340 e. The molecule has 1 N–H and O–H groups in total. The molecule has 0 saturated heterocycles. The summed E-state index contributed by atoms with van der Waals surface area (Å²) in [5.41, 5.74) is -0.634. The molecule has 0 fully saturated rings. The SMILES string of the molecule is CC(C)(C)C(O)OC(=O)C(C#N)C#N. The highest BCUT2D eigenvalue weighted by Gasteiger charge is 2.29. The zero-order chi connectivity index (χ0) is 11.4. The maximum absolute atomic E-state index is 11.0. The van der Waals surface area contributed by atoms with E-state index in [9.17, 15) is 9.90 Å². The third kappa shape index (κ3) is 3.42. The molecule has 0 spiro atoms. The first-order chi connectivity index (χ1) is 6.32. The van der Waals surface area contributed by atoms with Gasteiger partial charge in [-0.2, -0.15) is 10.5 Å². The summed E-state index contributed by atoms with van der Waals surface area (Å²) in [5, 5.41) is 26.0. The normalized spacial score (nSPS) is 12.8. The number of aliphatic hydroxyl groups is 1. The summed E-state index contributed by atoms with van der Waals surface area (Å²) in [5.74, 6) is -2.50. The van der Waals surface area contributed by atoms with Gasteiger partial charge in [-0.05, 0) is 0 Å². The third-order valence-electron chi connectivity index (χ3n) is 1.46. The number of nitriles is 2. The first-order valence-electron chi connectivity index (χ1n) is 4.00. The highest BCUT2D eigenvalue weighted by Crippen LogP contribution is 2.20. The van der Waals surface area contributed by atoms with E-state index in [1.807, 2.05) is 0 Å². The molecule has 5 heteroatoms. The molecule has 0 aromatic heterocycles. The van der Waals surface area contributed by atoms with Crippen molar-refractivity contribution in [3.05, 3.63) is 0 Å². The highest BCUT2D eigenvalue weighted by atomic mass is 16.6. The van der Waals surface area contributed by atoms with Crippen molar-refractivity contribution in [3.63, 3.8) is 0 Å². The standard InChI is InChI=1S/C9H12N2O3/c1-9(2,3)8(13)14-7(12)6(4-10)5-11/h6,8,13H,1-3H3. The molecule has 0 heterocycles. The van der Waals surface area contributed by atoms with Crippen molar-refractivity contribution in [1.82, 2.24) is 0 Å². The fourth-order valence-corrected chi connectivity index (χ4v) is 0.489. The monoisotopic (exact) mass is 196 g/mol. The van der Waals surface area contributed by atoms with E-state index in [2.05, 4.69) is 4.74 Å². The number of hydrogen-bond donors (Lipinski definition) is 1. The number of carbonyl (C=O) groups excluding carboxylic acids is 1. The van der Waals surface area contributed by atoms with Crippen LogP contribution in [-0.2, 0) is 9.53 Å². The number of esters is 1. The van der Waals surface area contributed by atoms with Crippen LogP contribution in [0.15, 0.2) is 0 Å². The maximum atomic E-state index is 11.0. The quantitative estimate of drug-likeness (QED) is 0.514. The van der Waals surface area contributed by atoms with Crippen molar-refractivity contribution >= 4 is 5.97 Å². The van der Waals surface area contributed by atoms with E-state index in [1.54, 1.807) is 20.8 Å². The predicted molar refractivity (Wildman–Crippen MR) is 46.3 cm³/mol. The molecule has 1 atom stereocenters. The molecule has 0 bridgehead atoms. The molecule has 5 nitrogen and oxygen atoms in total. The molecule has 0 amide bonds. The summed E-state index contributed by atoms with van der Waals surface area (Å²) in [6, 6.07) is 2.92. The zero-order valence-electron chi connectivity index (χ0n) is 8.31. The second-order valence-corrected chi connectivity index (χ2v) is 3.85. The van der Waals surface area contributed by atoms with Gasteiger partial charge in [0, 0.05) is 5.41 Å². The van der Waals surface area contributed by atoms with Crippen LogP contribution in [0.25, 0.3) is 0 Å². The average molecular weight is 196 g/mol. The zero-order valence-corrected chi connectivity index (χ0v) is 8.31. The van der Waals surface area contributed by atoms with Gasteiger partial charge in [0.2, 0.25) is 12.2 Å². The Hall–Kier alpha value is -1.59. The Morgan fingerprint density at radius 3 is 2.07 bits per heavy atom. The van der Waals surface area contributed by atoms with Crippen molar-refractivity contribution in [2.45, 2.75) is 27.1 Å². The van der Waals surface area contributed by atoms with Gasteiger partial charge in [-0.25, -0.2) is 4.79 Å². The maximum Gasteiger partial charge on any atom is 0.340 e. The Balaban J connectivity index is 4.37. The summed E-state index contributed by atoms with van der Waals surface area (Å²) in [6.45, 7) is 5.00. The fraction of sp³-hybridized carbons (Fsp3) is 0.667. The number of ether oxygens (including phenoxy) is 1. The predicted octanol–water partition coefficient (Wildman–Crippen LogP) is 0.557. The van der Waals surface area contributed by atoms with Crippen molar-refractivity contribution < 1.29 is 14.6 Å². The number of nitrogens with zero attached hydrogens (tertiary/aromatic N) is 2. The van der Waals surface area contributed by atoms with Gasteiger partial charge in [0.1, 0.15) is 0 Å². The second-order valence-electron chi connectivity index (χ2n) is 3.85. The lowest BCUT2D eigenvalue weighted by atomic mass is 9.96. The molecule has 0 aromatic rings. The van der Waals surface area contributed by atoms with Gasteiger partial charge >= 0.3 is 5.97 Å². The molecule has 14 heavy (non-hydrogen) atoms. The summed E-state index contributed by atoms with van der Waals surface area (Å²) < 4.78 is 4.53. The highest BCUT2D eigenvalue weighted by molar-refractivity contribution is 5.78. The van der Waals surface area contributed by atoms with E-state index in [1.165, 1.54) is 12.1 Å². The largest absolute Gasteiger partial charge is 0.434 e. The molecule has 0 aliphatic rings. The second kappa shape index (κ2) is 4.59. The molecule has 0 aromatic carbocycles. The minimum Gasteiger partial charge on any atom is -0.434 e. The fourth-order valence-electron chi connectivity index (χ4n) is 0.489. The van der Waals surface area contributed by atoms with Gasteiger partial charge in [-0.15, -0.1) is 0 Å². The van der Waals surface area contributed by atoms with Crippen molar-refractivity contribution in [2.24, 2.45) is 11.3 Å². The Kier molecular flexibility index (Phi) is 4.07. The molecular weight excluding hydrogens is 184 g/mol. The lowest BCUT2D eigenvalue weighted by Gasteiger charge is -2.25. The summed E-state index contributed by atoms with van der Waals surface area (Å²) in [7, 11) is 0. The van der Waals surface area contributed by atoms with Gasteiger partial charge in [0.05, 0.1) is 12.1 Å². The van der Waals surface area contributed by atoms with E-state index in [0.717, 1.165) is 0 Å². The average Bonchev–Trinajstić information content (AvgIpc) is 2.04. The van der Waals surface area contributed by atoms with Crippen molar-refractivity contribution in [3.8, 4) is 12.1 Å². The van der Waals surface area contributed by atoms with Crippen LogP contribution in [0.5, 0.6) is 0 Å². The van der Waals surface area contributed by atoms with Crippen LogP contribution in [0, 0.1) is 34.0 Å². The summed E-state index contributed by atoms with van der Waals surface area (Å²) >= 11 is 0. The molecule has 0 saturated carbocycles. The van der Waals surface area contributed by atoms with Crippen LogP contribution in [-0.4, -0.2) is 17.4 Å². The van der Waals surface area contributed by atoms with Crippen LogP contribution in [0.1, 0.15) is 20.8 Å². The molecule has 76 valence electrons. The lowest BCUT2D eigenvalue weighted by Crippen LogP contribution is -2.33. The van der Waals surface area contributed by atoms with Crippen molar-refractivity contribution in [1.29, 1.82) is 10.5 Å². The molecule has 1 unspecified atom stereocenters.